The summed E-state index contributed by atoms with van der Waals surface area (Å²) in [6, 6.07) is 17.9. The number of fused-ring (bicyclic) bond motifs is 1. The summed E-state index contributed by atoms with van der Waals surface area (Å²) in [5, 5.41) is 1.18. The van der Waals surface area contributed by atoms with Crippen LogP contribution in [0.5, 0.6) is 23.1 Å². The van der Waals surface area contributed by atoms with Crippen molar-refractivity contribution in [3.05, 3.63) is 60.3 Å². The zero-order valence-electron chi connectivity index (χ0n) is 18.8. The van der Waals surface area contributed by atoms with Crippen molar-refractivity contribution >= 4 is 13.2 Å². The SMILES string of the molecule is COc1cccc(C2Oc3cccc(-c4c(OC)cccc4OC)c3[P@]2C(C)(C)C)n1. The van der Waals surface area contributed by atoms with E-state index in [1.165, 1.54) is 5.30 Å². The molecule has 0 radical (unpaired) electrons. The third-order valence-electron chi connectivity index (χ3n) is 5.34. The van der Waals surface area contributed by atoms with Gasteiger partial charge in [0, 0.05) is 16.9 Å². The van der Waals surface area contributed by atoms with Crippen LogP contribution in [0.2, 0.25) is 0 Å². The molecule has 0 fully saturated rings. The van der Waals surface area contributed by atoms with Crippen molar-refractivity contribution in [3.63, 3.8) is 0 Å². The Labute approximate surface area is 185 Å². The average molecular weight is 437 g/mol. The summed E-state index contributed by atoms with van der Waals surface area (Å²) in [6.07, 6.45) is 0. The first-order chi connectivity index (χ1) is 14.9. The molecule has 1 aliphatic rings. The van der Waals surface area contributed by atoms with Crippen LogP contribution in [-0.4, -0.2) is 31.5 Å². The highest BCUT2D eigenvalue weighted by atomic mass is 31.1. The Bertz CT molecular complexity index is 1070. The van der Waals surface area contributed by atoms with Crippen molar-refractivity contribution in [3.8, 4) is 34.3 Å². The molecule has 1 aromatic heterocycles. The molecule has 0 spiro atoms. The number of benzene rings is 2. The quantitative estimate of drug-likeness (QED) is 0.474. The fourth-order valence-corrected chi connectivity index (χ4v) is 7.08. The first kappa shape index (κ1) is 21.5. The lowest BCUT2D eigenvalue weighted by molar-refractivity contribution is 0.292. The molecule has 3 aromatic rings. The zero-order valence-corrected chi connectivity index (χ0v) is 19.7. The third kappa shape index (κ3) is 3.83. The number of aromatic nitrogens is 1. The Balaban J connectivity index is 1.94. The molecule has 0 bridgehead atoms. The van der Waals surface area contributed by atoms with E-state index in [1.54, 1.807) is 21.3 Å². The summed E-state index contributed by atoms with van der Waals surface area (Å²) in [6.45, 7) is 6.79. The summed E-state index contributed by atoms with van der Waals surface area (Å²) < 4.78 is 23.4. The first-order valence-corrected chi connectivity index (χ1v) is 11.6. The first-order valence-electron chi connectivity index (χ1n) is 10.2. The lowest BCUT2D eigenvalue weighted by Gasteiger charge is -2.32. The highest BCUT2D eigenvalue weighted by molar-refractivity contribution is 7.68. The number of nitrogens with zero attached hydrogens (tertiary/aromatic N) is 1. The second-order valence-corrected chi connectivity index (χ2v) is 11.3. The van der Waals surface area contributed by atoms with E-state index < -0.39 is 7.92 Å². The predicted molar refractivity (Wildman–Crippen MR) is 125 cm³/mol. The van der Waals surface area contributed by atoms with Gasteiger partial charge in [-0.2, -0.15) is 0 Å². The Hall–Kier alpha value is -2.78. The number of hydrogen-bond donors (Lipinski definition) is 0. The Morgan fingerprint density at radius 1 is 0.839 bits per heavy atom. The summed E-state index contributed by atoms with van der Waals surface area (Å²) in [7, 11) is 4.22. The molecule has 1 aliphatic heterocycles. The van der Waals surface area contributed by atoms with Crippen LogP contribution in [0.4, 0.5) is 0 Å². The van der Waals surface area contributed by atoms with Gasteiger partial charge in [0.05, 0.1) is 32.6 Å². The number of ether oxygens (including phenoxy) is 4. The second kappa shape index (κ2) is 8.39. The maximum Gasteiger partial charge on any atom is 0.213 e. The molecule has 162 valence electrons. The molecule has 0 N–H and O–H groups in total. The van der Waals surface area contributed by atoms with Crippen molar-refractivity contribution in [2.75, 3.05) is 21.3 Å². The predicted octanol–water partition coefficient (Wildman–Crippen LogP) is 5.77. The zero-order chi connectivity index (χ0) is 22.2. The van der Waals surface area contributed by atoms with Gasteiger partial charge in [-0.25, -0.2) is 4.98 Å². The number of hydrogen-bond acceptors (Lipinski definition) is 5. The molecule has 4 rings (SSSR count). The van der Waals surface area contributed by atoms with E-state index in [0.717, 1.165) is 34.1 Å². The fourth-order valence-electron chi connectivity index (χ4n) is 4.04. The van der Waals surface area contributed by atoms with Gasteiger partial charge >= 0.3 is 0 Å². The van der Waals surface area contributed by atoms with Gasteiger partial charge in [0.1, 0.15) is 17.2 Å². The smallest absolute Gasteiger partial charge is 0.213 e. The minimum absolute atomic E-state index is 0.0264. The Kier molecular flexibility index (Phi) is 5.81. The van der Waals surface area contributed by atoms with Gasteiger partial charge in [-0.1, -0.05) is 45.0 Å². The number of pyridine rings is 1. The summed E-state index contributed by atoms with van der Waals surface area (Å²) in [5.74, 6) is 2.87. The van der Waals surface area contributed by atoms with Gasteiger partial charge in [-0.3, -0.25) is 0 Å². The number of methoxy groups -OCH3 is 3. The van der Waals surface area contributed by atoms with Crippen molar-refractivity contribution in [1.29, 1.82) is 0 Å². The van der Waals surface area contributed by atoms with Crippen molar-refractivity contribution in [1.82, 2.24) is 4.98 Å². The van der Waals surface area contributed by atoms with E-state index in [1.807, 2.05) is 48.5 Å². The molecular weight excluding hydrogens is 409 g/mol. The molecule has 5 nitrogen and oxygen atoms in total. The molecule has 2 atom stereocenters. The van der Waals surface area contributed by atoms with Crippen LogP contribution in [0.25, 0.3) is 11.1 Å². The largest absolute Gasteiger partial charge is 0.496 e. The lowest BCUT2D eigenvalue weighted by atomic mass is 10.0. The van der Waals surface area contributed by atoms with Crippen LogP contribution < -0.4 is 24.3 Å². The fraction of sp³-hybridized carbons (Fsp3) is 0.320. The maximum absolute atomic E-state index is 6.57. The molecule has 0 aliphatic carbocycles. The summed E-state index contributed by atoms with van der Waals surface area (Å²) >= 11 is 0. The van der Waals surface area contributed by atoms with Gasteiger partial charge in [0.15, 0.2) is 5.85 Å². The molecular formula is C25H28NO4P. The minimum Gasteiger partial charge on any atom is -0.496 e. The van der Waals surface area contributed by atoms with E-state index in [0.29, 0.717) is 5.88 Å². The van der Waals surface area contributed by atoms with Crippen molar-refractivity contribution < 1.29 is 18.9 Å². The van der Waals surface area contributed by atoms with Gasteiger partial charge in [0.2, 0.25) is 5.88 Å². The van der Waals surface area contributed by atoms with Crippen LogP contribution in [0.3, 0.4) is 0 Å². The summed E-state index contributed by atoms with van der Waals surface area (Å²) in [4.78, 5) is 4.71. The van der Waals surface area contributed by atoms with Gasteiger partial charge < -0.3 is 18.9 Å². The van der Waals surface area contributed by atoms with E-state index in [2.05, 4.69) is 26.8 Å². The Morgan fingerprint density at radius 2 is 1.48 bits per heavy atom. The lowest BCUT2D eigenvalue weighted by Crippen LogP contribution is -2.21. The molecule has 0 saturated carbocycles. The molecule has 0 saturated heterocycles. The third-order valence-corrected chi connectivity index (χ3v) is 8.57. The molecule has 0 amide bonds. The van der Waals surface area contributed by atoms with Crippen molar-refractivity contribution in [2.45, 2.75) is 31.8 Å². The standard InChI is InChI=1S/C25H28NO4P/c1-25(2,3)31-23-16(22-18(27-4)12-9-13-19(22)28-5)10-7-14-20(23)30-24(31)17-11-8-15-21(26-17)29-6/h7-15,24H,1-6H3/t24?,31-/m0/s1. The molecule has 1 unspecified atom stereocenters. The monoisotopic (exact) mass is 437 g/mol. The normalized spacial score (nSPS) is 17.6. The topological polar surface area (TPSA) is 49.8 Å². The van der Waals surface area contributed by atoms with Crippen molar-refractivity contribution in [2.24, 2.45) is 0 Å². The second-order valence-electron chi connectivity index (χ2n) is 8.31. The van der Waals surface area contributed by atoms with Crippen LogP contribution in [-0.2, 0) is 0 Å². The van der Waals surface area contributed by atoms with E-state index >= 15 is 0 Å². The van der Waals surface area contributed by atoms with Crippen LogP contribution in [0.1, 0.15) is 32.3 Å². The van der Waals surface area contributed by atoms with Crippen LogP contribution >= 0.6 is 7.92 Å². The highest BCUT2D eigenvalue weighted by Gasteiger charge is 2.45. The summed E-state index contributed by atoms with van der Waals surface area (Å²) in [5.41, 5.74) is 2.91. The van der Waals surface area contributed by atoms with E-state index in [-0.39, 0.29) is 11.0 Å². The highest BCUT2D eigenvalue weighted by Crippen LogP contribution is 2.66. The van der Waals surface area contributed by atoms with Crippen LogP contribution in [0.15, 0.2) is 54.6 Å². The molecule has 2 heterocycles. The molecule has 31 heavy (non-hydrogen) atoms. The van der Waals surface area contributed by atoms with E-state index in [9.17, 15) is 0 Å². The van der Waals surface area contributed by atoms with Gasteiger partial charge in [-0.05, 0) is 37.3 Å². The molecule has 6 heteroatoms. The average Bonchev–Trinajstić information content (AvgIpc) is 3.19. The minimum atomic E-state index is -0.790. The maximum atomic E-state index is 6.57. The van der Waals surface area contributed by atoms with Gasteiger partial charge in [0.25, 0.3) is 0 Å². The van der Waals surface area contributed by atoms with Gasteiger partial charge in [-0.15, -0.1) is 0 Å². The molecule has 2 aromatic carbocycles. The van der Waals surface area contributed by atoms with Crippen LogP contribution in [0, 0.1) is 0 Å². The number of rotatable bonds is 5. The Morgan fingerprint density at radius 3 is 2.10 bits per heavy atom. The van der Waals surface area contributed by atoms with E-state index in [4.69, 9.17) is 23.9 Å².